The summed E-state index contributed by atoms with van der Waals surface area (Å²) in [6, 6.07) is 11.9. The van der Waals surface area contributed by atoms with Crippen LogP contribution in [0.5, 0.6) is 0 Å². The average molecular weight is 497 g/mol. The standard InChI is InChI=1S/C25H22F2N4O3S/c1-14-3-5-16(6-4-14)21-12-22-23(28-15(2)31(22)18-9-10-35(33,34)13-18)24(29-21)25(32)30-20-8-7-17(26)11-19(20)27/h3-8,11-12,18H,9-10,13H2,1-2H3,(H,30,32). The van der Waals surface area contributed by atoms with Crippen LogP contribution in [0, 0.1) is 25.5 Å². The molecule has 1 unspecified atom stereocenters. The van der Waals surface area contributed by atoms with Crippen molar-refractivity contribution >= 4 is 32.5 Å². The molecule has 2 aromatic carbocycles. The fourth-order valence-electron chi connectivity index (χ4n) is 4.45. The number of carbonyl (C=O) groups excluding carboxylic acids is 1. The summed E-state index contributed by atoms with van der Waals surface area (Å²) in [5.74, 6) is -1.76. The number of imidazole rings is 1. The topological polar surface area (TPSA) is 94.0 Å². The molecule has 5 rings (SSSR count). The Labute approximate surface area is 200 Å². The third-order valence-electron chi connectivity index (χ3n) is 6.17. The van der Waals surface area contributed by atoms with Crippen LogP contribution in [-0.2, 0) is 9.84 Å². The summed E-state index contributed by atoms with van der Waals surface area (Å²) in [5.41, 5.74) is 2.92. The number of pyridine rings is 1. The second-order valence-electron chi connectivity index (χ2n) is 8.75. The smallest absolute Gasteiger partial charge is 0.276 e. The summed E-state index contributed by atoms with van der Waals surface area (Å²) in [5, 5.41) is 2.46. The molecule has 0 radical (unpaired) electrons. The molecule has 0 spiro atoms. The minimum atomic E-state index is -3.17. The molecule has 2 aromatic heterocycles. The highest BCUT2D eigenvalue weighted by Crippen LogP contribution is 2.33. The number of hydrogen-bond donors (Lipinski definition) is 1. The molecule has 180 valence electrons. The van der Waals surface area contributed by atoms with Crippen molar-refractivity contribution in [2.45, 2.75) is 26.3 Å². The van der Waals surface area contributed by atoms with E-state index in [1.165, 1.54) is 0 Å². The van der Waals surface area contributed by atoms with E-state index >= 15 is 0 Å². The fourth-order valence-corrected chi connectivity index (χ4v) is 6.15. The Kier molecular flexibility index (Phi) is 5.63. The van der Waals surface area contributed by atoms with Crippen LogP contribution in [0.15, 0.2) is 48.5 Å². The van der Waals surface area contributed by atoms with E-state index < -0.39 is 27.4 Å². The first kappa shape index (κ1) is 23.1. The molecule has 1 N–H and O–H groups in total. The van der Waals surface area contributed by atoms with Crippen LogP contribution in [0.1, 0.15) is 34.3 Å². The molecule has 35 heavy (non-hydrogen) atoms. The predicted octanol–water partition coefficient (Wildman–Crippen LogP) is 4.61. The minimum absolute atomic E-state index is 0.0101. The number of carbonyl (C=O) groups is 1. The van der Waals surface area contributed by atoms with Crippen molar-refractivity contribution in [3.05, 3.63) is 77.2 Å². The first-order valence-corrected chi connectivity index (χ1v) is 12.9. The molecule has 1 amide bonds. The molecule has 1 aliphatic heterocycles. The normalized spacial score (nSPS) is 17.1. The SMILES string of the molecule is Cc1ccc(-c2cc3c(nc(C)n3C3CCS(=O)(=O)C3)c(C(=O)Nc3ccc(F)cc3F)n2)cc1. The molecule has 0 bridgehead atoms. The molecule has 1 atom stereocenters. The summed E-state index contributed by atoms with van der Waals surface area (Å²) >= 11 is 0. The molecule has 3 heterocycles. The molecule has 4 aromatic rings. The van der Waals surface area contributed by atoms with Crippen molar-refractivity contribution in [2.75, 3.05) is 16.8 Å². The van der Waals surface area contributed by atoms with Crippen LogP contribution >= 0.6 is 0 Å². The van der Waals surface area contributed by atoms with E-state index in [-0.39, 0.29) is 34.4 Å². The van der Waals surface area contributed by atoms with Gasteiger partial charge in [0.2, 0.25) is 0 Å². The van der Waals surface area contributed by atoms with E-state index in [0.29, 0.717) is 29.5 Å². The van der Waals surface area contributed by atoms with Crippen LogP contribution in [0.4, 0.5) is 14.5 Å². The fraction of sp³-hybridized carbons (Fsp3) is 0.240. The van der Waals surface area contributed by atoms with Crippen LogP contribution in [0.3, 0.4) is 0 Å². The lowest BCUT2D eigenvalue weighted by molar-refractivity contribution is 0.102. The molecule has 0 aliphatic carbocycles. The van der Waals surface area contributed by atoms with Gasteiger partial charge in [-0.05, 0) is 38.5 Å². The first-order valence-electron chi connectivity index (χ1n) is 11.0. The molecule has 7 nitrogen and oxygen atoms in total. The summed E-state index contributed by atoms with van der Waals surface area (Å²) in [6.07, 6.45) is 0.444. The number of nitrogens with zero attached hydrogens (tertiary/aromatic N) is 3. The second kappa shape index (κ2) is 8.53. The third-order valence-corrected chi connectivity index (χ3v) is 7.92. The number of aryl methyl sites for hydroxylation is 2. The van der Waals surface area contributed by atoms with E-state index in [1.807, 2.05) is 35.8 Å². The zero-order chi connectivity index (χ0) is 24.9. The highest BCUT2D eigenvalue weighted by Gasteiger charge is 2.32. The van der Waals surface area contributed by atoms with Gasteiger partial charge in [-0.15, -0.1) is 0 Å². The highest BCUT2D eigenvalue weighted by molar-refractivity contribution is 7.91. The van der Waals surface area contributed by atoms with Crippen LogP contribution in [0.2, 0.25) is 0 Å². The Bertz CT molecular complexity index is 1580. The number of fused-ring (bicyclic) bond motifs is 1. The van der Waals surface area contributed by atoms with Gasteiger partial charge in [-0.1, -0.05) is 29.8 Å². The van der Waals surface area contributed by atoms with E-state index in [1.54, 1.807) is 13.0 Å². The zero-order valence-corrected chi connectivity index (χ0v) is 19.9. The van der Waals surface area contributed by atoms with Crippen molar-refractivity contribution in [3.63, 3.8) is 0 Å². The van der Waals surface area contributed by atoms with Gasteiger partial charge in [-0.2, -0.15) is 0 Å². The number of halogens is 2. The number of aromatic nitrogens is 3. The van der Waals surface area contributed by atoms with Crippen molar-refractivity contribution in [1.82, 2.24) is 14.5 Å². The molecule has 10 heteroatoms. The number of hydrogen-bond acceptors (Lipinski definition) is 5. The summed E-state index contributed by atoms with van der Waals surface area (Å²) in [4.78, 5) is 22.4. The van der Waals surface area contributed by atoms with Crippen molar-refractivity contribution < 1.29 is 22.0 Å². The maximum absolute atomic E-state index is 14.2. The van der Waals surface area contributed by atoms with Crippen molar-refractivity contribution in [2.24, 2.45) is 0 Å². The molecule has 0 saturated carbocycles. The molecular formula is C25H22F2N4O3S. The van der Waals surface area contributed by atoms with Gasteiger partial charge in [0.1, 0.15) is 23.0 Å². The lowest BCUT2D eigenvalue weighted by Crippen LogP contribution is -2.16. The van der Waals surface area contributed by atoms with Gasteiger partial charge in [-0.25, -0.2) is 27.2 Å². The molecule has 1 fully saturated rings. The third kappa shape index (κ3) is 4.41. The largest absolute Gasteiger partial charge is 0.324 e. The average Bonchev–Trinajstić information content (AvgIpc) is 3.32. The van der Waals surface area contributed by atoms with E-state index in [9.17, 15) is 22.0 Å². The summed E-state index contributed by atoms with van der Waals surface area (Å²) in [6.45, 7) is 3.70. The second-order valence-corrected chi connectivity index (χ2v) is 11.0. The number of sulfone groups is 1. The van der Waals surface area contributed by atoms with Gasteiger partial charge in [0.25, 0.3) is 5.91 Å². The number of benzene rings is 2. The van der Waals surface area contributed by atoms with Crippen LogP contribution in [0.25, 0.3) is 22.3 Å². The predicted molar refractivity (Wildman–Crippen MR) is 129 cm³/mol. The Balaban J connectivity index is 1.67. The van der Waals surface area contributed by atoms with Gasteiger partial charge in [0, 0.05) is 11.6 Å². The van der Waals surface area contributed by atoms with E-state index in [2.05, 4.69) is 15.3 Å². The van der Waals surface area contributed by atoms with Crippen LogP contribution in [-0.4, -0.2) is 40.4 Å². The van der Waals surface area contributed by atoms with Gasteiger partial charge >= 0.3 is 0 Å². The quantitative estimate of drug-likeness (QED) is 0.446. The zero-order valence-electron chi connectivity index (χ0n) is 19.0. The van der Waals surface area contributed by atoms with Gasteiger partial charge < -0.3 is 9.88 Å². The lowest BCUT2D eigenvalue weighted by atomic mass is 10.1. The van der Waals surface area contributed by atoms with Gasteiger partial charge in [-0.3, -0.25) is 4.79 Å². The number of nitrogens with one attached hydrogen (secondary N) is 1. The summed E-state index contributed by atoms with van der Waals surface area (Å²) in [7, 11) is -3.17. The molecular weight excluding hydrogens is 474 g/mol. The number of amides is 1. The Morgan fingerprint density at radius 2 is 1.80 bits per heavy atom. The monoisotopic (exact) mass is 496 g/mol. The van der Waals surface area contributed by atoms with Crippen molar-refractivity contribution in [1.29, 1.82) is 0 Å². The lowest BCUT2D eigenvalue weighted by Gasteiger charge is -2.15. The van der Waals surface area contributed by atoms with Gasteiger partial charge in [0.15, 0.2) is 15.5 Å². The van der Waals surface area contributed by atoms with E-state index in [4.69, 9.17) is 0 Å². The maximum atomic E-state index is 14.2. The Hall–Kier alpha value is -3.66. The van der Waals surface area contributed by atoms with Crippen LogP contribution < -0.4 is 5.32 Å². The highest BCUT2D eigenvalue weighted by atomic mass is 32.2. The minimum Gasteiger partial charge on any atom is -0.324 e. The Morgan fingerprint density at radius 1 is 1.06 bits per heavy atom. The summed E-state index contributed by atoms with van der Waals surface area (Å²) < 4.78 is 53.7. The number of rotatable bonds is 4. The molecule has 1 aliphatic rings. The molecule has 1 saturated heterocycles. The van der Waals surface area contributed by atoms with Crippen molar-refractivity contribution in [3.8, 4) is 11.3 Å². The van der Waals surface area contributed by atoms with Gasteiger partial charge in [0.05, 0.1) is 34.4 Å². The van der Waals surface area contributed by atoms with E-state index in [0.717, 1.165) is 23.3 Å². The first-order chi connectivity index (χ1) is 16.6. The Morgan fingerprint density at radius 3 is 2.46 bits per heavy atom. The maximum Gasteiger partial charge on any atom is 0.276 e. The number of anilines is 1.